The van der Waals surface area contributed by atoms with E-state index in [-0.39, 0.29) is 17.3 Å². The number of hydrogen-bond donors (Lipinski definition) is 3. The summed E-state index contributed by atoms with van der Waals surface area (Å²) in [6, 6.07) is 38.1. The van der Waals surface area contributed by atoms with Gasteiger partial charge in [0.15, 0.2) is 0 Å². The van der Waals surface area contributed by atoms with Crippen molar-refractivity contribution in [1.29, 1.82) is 0 Å². The van der Waals surface area contributed by atoms with Crippen LogP contribution in [0, 0.1) is 5.82 Å². The van der Waals surface area contributed by atoms with Crippen LogP contribution in [0.15, 0.2) is 144 Å². The molecule has 0 aromatic heterocycles. The van der Waals surface area contributed by atoms with Crippen LogP contribution in [-0.2, 0) is 9.59 Å². The predicted molar refractivity (Wildman–Crippen MR) is 185 cm³/mol. The van der Waals surface area contributed by atoms with Crippen molar-refractivity contribution in [3.63, 3.8) is 0 Å². The Balaban J connectivity index is 1.35. The molecule has 0 spiro atoms. The van der Waals surface area contributed by atoms with E-state index in [0.717, 1.165) is 10.5 Å². The smallest absolute Gasteiger partial charge is 0.272 e. The van der Waals surface area contributed by atoms with Gasteiger partial charge in [-0.25, -0.2) is 4.39 Å². The Labute approximate surface area is 276 Å². The average molecular weight is 646 g/mol. The Bertz CT molecular complexity index is 1870. The van der Waals surface area contributed by atoms with Crippen LogP contribution in [0.2, 0.25) is 0 Å². The molecule has 0 saturated carbocycles. The summed E-state index contributed by atoms with van der Waals surface area (Å²) < 4.78 is 20.0. The largest absolute Gasteiger partial charge is 0.493 e. The van der Waals surface area contributed by atoms with E-state index in [0.29, 0.717) is 29.2 Å². The second-order valence-corrected chi connectivity index (χ2v) is 11.4. The highest BCUT2D eigenvalue weighted by atomic mass is 32.2. The zero-order valence-electron chi connectivity index (χ0n) is 25.5. The summed E-state index contributed by atoms with van der Waals surface area (Å²) in [6.07, 6.45) is 1.57. The van der Waals surface area contributed by atoms with Gasteiger partial charge in [-0.3, -0.25) is 14.4 Å². The maximum absolute atomic E-state index is 14.3. The fraction of sp³-hybridized carbons (Fsp3) is 0.0789. The molecule has 0 radical (unpaired) electrons. The molecule has 47 heavy (non-hydrogen) atoms. The topological polar surface area (TPSA) is 96.5 Å². The lowest BCUT2D eigenvalue weighted by molar-refractivity contribution is -0.116. The molecule has 0 aliphatic carbocycles. The van der Waals surface area contributed by atoms with Crippen molar-refractivity contribution in [3.8, 4) is 5.75 Å². The number of anilines is 2. The van der Waals surface area contributed by atoms with Crippen molar-refractivity contribution in [2.75, 3.05) is 17.2 Å². The van der Waals surface area contributed by atoms with Crippen molar-refractivity contribution >= 4 is 46.9 Å². The van der Waals surface area contributed by atoms with Gasteiger partial charge in [0.1, 0.15) is 22.5 Å². The van der Waals surface area contributed by atoms with E-state index >= 15 is 0 Å². The lowest BCUT2D eigenvalue weighted by Crippen LogP contribution is -2.30. The molecule has 9 heteroatoms. The lowest BCUT2D eigenvalue weighted by Gasteiger charge is -2.18. The van der Waals surface area contributed by atoms with E-state index in [4.69, 9.17) is 4.74 Å². The van der Waals surface area contributed by atoms with Gasteiger partial charge in [-0.1, -0.05) is 78.9 Å². The molecule has 0 aliphatic heterocycles. The Kier molecular flexibility index (Phi) is 11.2. The third-order valence-corrected chi connectivity index (χ3v) is 8.15. The van der Waals surface area contributed by atoms with Crippen molar-refractivity contribution in [3.05, 3.63) is 162 Å². The van der Waals surface area contributed by atoms with E-state index in [1.807, 2.05) is 49.4 Å². The Morgan fingerprint density at radius 1 is 0.766 bits per heavy atom. The molecule has 7 nitrogen and oxygen atoms in total. The van der Waals surface area contributed by atoms with Gasteiger partial charge in [0.2, 0.25) is 5.91 Å². The van der Waals surface area contributed by atoms with Crippen LogP contribution in [0.25, 0.3) is 6.08 Å². The normalized spacial score (nSPS) is 11.7. The van der Waals surface area contributed by atoms with E-state index in [2.05, 4.69) is 16.0 Å². The molecule has 3 N–H and O–H groups in total. The van der Waals surface area contributed by atoms with Crippen molar-refractivity contribution < 1.29 is 23.5 Å². The Morgan fingerprint density at radius 3 is 2.11 bits per heavy atom. The highest BCUT2D eigenvalue weighted by Crippen LogP contribution is 2.37. The van der Waals surface area contributed by atoms with Crippen LogP contribution in [0.1, 0.15) is 33.7 Å². The molecule has 5 aromatic rings. The molecular weight excluding hydrogens is 614 g/mol. The van der Waals surface area contributed by atoms with Crippen molar-refractivity contribution in [2.45, 2.75) is 17.1 Å². The Morgan fingerprint density at radius 2 is 1.40 bits per heavy atom. The average Bonchev–Trinajstić information content (AvgIpc) is 3.10. The van der Waals surface area contributed by atoms with Crippen molar-refractivity contribution in [1.82, 2.24) is 5.32 Å². The summed E-state index contributed by atoms with van der Waals surface area (Å²) in [4.78, 5) is 40.7. The first-order valence-electron chi connectivity index (χ1n) is 14.9. The first-order valence-corrected chi connectivity index (χ1v) is 15.8. The molecule has 1 atom stereocenters. The zero-order chi connectivity index (χ0) is 33.0. The van der Waals surface area contributed by atoms with Gasteiger partial charge >= 0.3 is 0 Å². The summed E-state index contributed by atoms with van der Waals surface area (Å²) in [5, 5.41) is 7.61. The van der Waals surface area contributed by atoms with E-state index in [9.17, 15) is 18.8 Å². The number of amides is 3. The summed E-state index contributed by atoms with van der Waals surface area (Å²) >= 11 is 1.29. The summed E-state index contributed by atoms with van der Waals surface area (Å²) in [6.45, 7) is 2.30. The minimum Gasteiger partial charge on any atom is -0.493 e. The fourth-order valence-corrected chi connectivity index (χ4v) is 5.62. The molecule has 1 unspecified atom stereocenters. The second kappa shape index (κ2) is 16.1. The third kappa shape index (κ3) is 8.96. The minimum atomic E-state index is -0.676. The molecule has 0 aliphatic rings. The van der Waals surface area contributed by atoms with E-state index in [1.165, 1.54) is 23.9 Å². The standard InChI is InChI=1S/C38H32FN3O4S/c1-2-46-34-20-12-9-17-28(34)25-33(42-36(43)27-15-7-4-8-16-27)37(44)40-29-21-23-30(24-22-29)47-35(26-13-5-3-6-14-26)38(45)41-32-19-11-10-18-31(32)39/h3-25,35H,2H2,1H3,(H,40,44)(H,41,45)(H,42,43)/b33-25-. The van der Waals surface area contributed by atoms with Gasteiger partial charge in [0, 0.05) is 21.7 Å². The number of hydrogen-bond acceptors (Lipinski definition) is 5. The molecule has 0 heterocycles. The number of rotatable bonds is 12. The maximum Gasteiger partial charge on any atom is 0.272 e. The maximum atomic E-state index is 14.3. The molecule has 236 valence electrons. The number of carbonyl (C=O) groups excluding carboxylic acids is 3. The number of halogens is 1. The molecule has 0 fully saturated rings. The molecule has 3 amide bonds. The van der Waals surface area contributed by atoms with Gasteiger partial charge in [-0.2, -0.15) is 0 Å². The number of carbonyl (C=O) groups is 3. The quantitative estimate of drug-likeness (QED) is 0.0941. The SMILES string of the molecule is CCOc1ccccc1/C=C(\NC(=O)c1ccccc1)C(=O)Nc1ccc(SC(C(=O)Nc2ccccc2F)c2ccccc2)cc1. The molecule has 5 aromatic carbocycles. The monoisotopic (exact) mass is 645 g/mol. The summed E-state index contributed by atoms with van der Waals surface area (Å²) in [5.74, 6) is -1.30. The summed E-state index contributed by atoms with van der Waals surface area (Å²) in [5.41, 5.74) is 2.38. The van der Waals surface area contributed by atoms with Gasteiger partial charge in [0.05, 0.1) is 12.3 Å². The van der Waals surface area contributed by atoms with Crippen LogP contribution in [0.3, 0.4) is 0 Å². The minimum absolute atomic E-state index is 0.0263. The van der Waals surface area contributed by atoms with Gasteiger partial charge < -0.3 is 20.7 Å². The molecular formula is C38H32FN3O4S. The third-order valence-electron chi connectivity index (χ3n) is 6.89. The highest BCUT2D eigenvalue weighted by molar-refractivity contribution is 8.00. The molecule has 0 saturated heterocycles. The van der Waals surface area contributed by atoms with Crippen LogP contribution in [-0.4, -0.2) is 24.3 Å². The highest BCUT2D eigenvalue weighted by Gasteiger charge is 2.23. The number of para-hydroxylation sites is 2. The summed E-state index contributed by atoms with van der Waals surface area (Å²) in [7, 11) is 0. The number of thioether (sulfide) groups is 1. The Hall–Kier alpha value is -5.67. The predicted octanol–water partition coefficient (Wildman–Crippen LogP) is 8.11. The van der Waals surface area contributed by atoms with Gasteiger partial charge in [-0.05, 0) is 73.2 Å². The first kappa shape index (κ1) is 32.7. The first-order chi connectivity index (χ1) is 22.9. The van der Waals surface area contributed by atoms with Crippen molar-refractivity contribution in [2.24, 2.45) is 0 Å². The van der Waals surface area contributed by atoms with Gasteiger partial charge in [-0.15, -0.1) is 11.8 Å². The van der Waals surface area contributed by atoms with E-state index < -0.39 is 22.9 Å². The van der Waals surface area contributed by atoms with Crippen LogP contribution < -0.4 is 20.7 Å². The van der Waals surface area contributed by atoms with E-state index in [1.54, 1.807) is 84.9 Å². The lowest BCUT2D eigenvalue weighted by atomic mass is 10.1. The van der Waals surface area contributed by atoms with Crippen LogP contribution in [0.5, 0.6) is 5.75 Å². The van der Waals surface area contributed by atoms with Crippen LogP contribution >= 0.6 is 11.8 Å². The molecule has 5 rings (SSSR count). The number of nitrogens with one attached hydrogen (secondary N) is 3. The van der Waals surface area contributed by atoms with Crippen LogP contribution in [0.4, 0.5) is 15.8 Å². The fourth-order valence-electron chi connectivity index (χ4n) is 4.60. The zero-order valence-corrected chi connectivity index (χ0v) is 26.3. The second-order valence-electron chi connectivity index (χ2n) is 10.2. The number of ether oxygens (including phenoxy) is 1. The van der Waals surface area contributed by atoms with Gasteiger partial charge in [0.25, 0.3) is 11.8 Å². The number of benzene rings is 5. The molecule has 0 bridgehead atoms.